The van der Waals surface area contributed by atoms with Gasteiger partial charge in [0.15, 0.2) is 0 Å². The topological polar surface area (TPSA) is 50.9 Å². The van der Waals surface area contributed by atoms with Gasteiger partial charge < -0.3 is 11.1 Å². The summed E-state index contributed by atoms with van der Waals surface area (Å²) < 4.78 is 0. The molecule has 0 unspecified atom stereocenters. The third kappa shape index (κ3) is 3.62. The van der Waals surface area contributed by atoms with E-state index in [1.54, 1.807) is 0 Å². The normalized spacial score (nSPS) is 23.9. The fraction of sp³-hybridized carbons (Fsp3) is 0.667. The van der Waals surface area contributed by atoms with Gasteiger partial charge in [-0.15, -0.1) is 0 Å². The fourth-order valence-corrected chi connectivity index (χ4v) is 2.69. The SMILES string of the molecule is Cc1nc(NCCC2CCC(C)CC2)ccc1N. The maximum absolute atomic E-state index is 5.76. The van der Waals surface area contributed by atoms with Gasteiger partial charge in [-0.1, -0.05) is 32.6 Å². The Hall–Kier alpha value is -1.25. The molecule has 0 saturated heterocycles. The molecule has 3 nitrogen and oxygen atoms in total. The number of rotatable bonds is 4. The van der Waals surface area contributed by atoms with Gasteiger partial charge in [-0.05, 0) is 37.3 Å². The highest BCUT2D eigenvalue weighted by atomic mass is 15.0. The van der Waals surface area contributed by atoms with E-state index < -0.39 is 0 Å². The van der Waals surface area contributed by atoms with Crippen LogP contribution in [0.5, 0.6) is 0 Å². The number of aryl methyl sites for hydroxylation is 1. The smallest absolute Gasteiger partial charge is 0.126 e. The van der Waals surface area contributed by atoms with Gasteiger partial charge in [0.25, 0.3) is 0 Å². The maximum atomic E-state index is 5.76. The van der Waals surface area contributed by atoms with Crippen molar-refractivity contribution in [3.05, 3.63) is 17.8 Å². The maximum Gasteiger partial charge on any atom is 0.126 e. The molecule has 0 spiro atoms. The van der Waals surface area contributed by atoms with Crippen LogP contribution >= 0.6 is 0 Å². The van der Waals surface area contributed by atoms with Gasteiger partial charge in [-0.3, -0.25) is 0 Å². The molecule has 3 N–H and O–H groups in total. The predicted octanol–water partition coefficient (Wildman–Crippen LogP) is 3.60. The molecule has 2 rings (SSSR count). The molecule has 100 valence electrons. The minimum absolute atomic E-state index is 0.766. The summed E-state index contributed by atoms with van der Waals surface area (Å²) in [6, 6.07) is 3.89. The van der Waals surface area contributed by atoms with Crippen LogP contribution in [0.2, 0.25) is 0 Å². The quantitative estimate of drug-likeness (QED) is 0.854. The van der Waals surface area contributed by atoms with Crippen LogP contribution in [-0.4, -0.2) is 11.5 Å². The van der Waals surface area contributed by atoms with Crippen molar-refractivity contribution >= 4 is 11.5 Å². The summed E-state index contributed by atoms with van der Waals surface area (Å²) in [7, 11) is 0. The van der Waals surface area contributed by atoms with E-state index in [9.17, 15) is 0 Å². The number of anilines is 2. The van der Waals surface area contributed by atoms with Crippen LogP contribution in [0.25, 0.3) is 0 Å². The molecule has 18 heavy (non-hydrogen) atoms. The summed E-state index contributed by atoms with van der Waals surface area (Å²) in [5.41, 5.74) is 7.43. The highest BCUT2D eigenvalue weighted by Gasteiger charge is 2.17. The fourth-order valence-electron chi connectivity index (χ4n) is 2.69. The van der Waals surface area contributed by atoms with Gasteiger partial charge in [-0.25, -0.2) is 4.98 Å². The van der Waals surface area contributed by atoms with E-state index in [-0.39, 0.29) is 0 Å². The Labute approximate surface area is 110 Å². The lowest BCUT2D eigenvalue weighted by Crippen LogP contribution is -2.16. The van der Waals surface area contributed by atoms with E-state index in [0.717, 1.165) is 35.6 Å². The second-order valence-electron chi connectivity index (χ2n) is 5.71. The number of nitrogens with two attached hydrogens (primary N) is 1. The molecule has 1 aromatic rings. The van der Waals surface area contributed by atoms with Crippen LogP contribution in [0.1, 0.15) is 44.7 Å². The molecule has 0 radical (unpaired) electrons. The molecule has 0 aromatic carbocycles. The monoisotopic (exact) mass is 247 g/mol. The van der Waals surface area contributed by atoms with Crippen molar-refractivity contribution in [2.75, 3.05) is 17.6 Å². The van der Waals surface area contributed by atoms with Gasteiger partial charge >= 0.3 is 0 Å². The third-order valence-electron chi connectivity index (χ3n) is 4.12. The Morgan fingerprint density at radius 3 is 2.67 bits per heavy atom. The second kappa shape index (κ2) is 6.07. The molecule has 1 aliphatic rings. The van der Waals surface area contributed by atoms with Crippen LogP contribution in [0, 0.1) is 18.8 Å². The summed E-state index contributed by atoms with van der Waals surface area (Å²) >= 11 is 0. The first-order chi connectivity index (χ1) is 8.65. The van der Waals surface area contributed by atoms with E-state index in [1.165, 1.54) is 32.1 Å². The number of nitrogens with zero attached hydrogens (tertiary/aromatic N) is 1. The lowest BCUT2D eigenvalue weighted by atomic mass is 9.81. The van der Waals surface area contributed by atoms with Gasteiger partial charge in [0.05, 0.1) is 11.4 Å². The standard InChI is InChI=1S/C15H25N3/c1-11-3-5-13(6-4-11)9-10-17-15-8-7-14(16)12(2)18-15/h7-8,11,13H,3-6,9-10,16H2,1-2H3,(H,17,18). The summed E-state index contributed by atoms with van der Waals surface area (Å²) in [4.78, 5) is 4.43. The van der Waals surface area contributed by atoms with Crippen LogP contribution in [0.3, 0.4) is 0 Å². The largest absolute Gasteiger partial charge is 0.397 e. The molecule has 0 amide bonds. The first kappa shape index (κ1) is 13.2. The van der Waals surface area contributed by atoms with Crippen LogP contribution < -0.4 is 11.1 Å². The highest BCUT2D eigenvalue weighted by Crippen LogP contribution is 2.30. The molecular weight excluding hydrogens is 222 g/mol. The molecule has 1 aromatic heterocycles. The molecule has 1 heterocycles. The van der Waals surface area contributed by atoms with Gasteiger partial charge in [0.1, 0.15) is 5.82 Å². The Bertz CT molecular complexity index is 381. The van der Waals surface area contributed by atoms with Crippen LogP contribution in [-0.2, 0) is 0 Å². The number of hydrogen-bond donors (Lipinski definition) is 2. The highest BCUT2D eigenvalue weighted by molar-refractivity contribution is 5.48. The summed E-state index contributed by atoms with van der Waals surface area (Å²) in [5.74, 6) is 2.80. The molecule has 0 aliphatic heterocycles. The molecular formula is C15H25N3. The van der Waals surface area contributed by atoms with Gasteiger partial charge in [0.2, 0.25) is 0 Å². The van der Waals surface area contributed by atoms with Crippen molar-refractivity contribution in [3.63, 3.8) is 0 Å². The number of hydrogen-bond acceptors (Lipinski definition) is 3. The van der Waals surface area contributed by atoms with E-state index in [1.807, 2.05) is 19.1 Å². The number of aromatic nitrogens is 1. The number of nitrogens with one attached hydrogen (secondary N) is 1. The average Bonchev–Trinajstić information content (AvgIpc) is 2.36. The van der Waals surface area contributed by atoms with Crippen LogP contribution in [0.4, 0.5) is 11.5 Å². The number of pyridine rings is 1. The predicted molar refractivity (Wildman–Crippen MR) is 77.6 cm³/mol. The molecule has 1 saturated carbocycles. The van der Waals surface area contributed by atoms with E-state index >= 15 is 0 Å². The van der Waals surface area contributed by atoms with Crippen molar-refractivity contribution in [3.8, 4) is 0 Å². The first-order valence-corrected chi connectivity index (χ1v) is 7.12. The molecule has 0 bridgehead atoms. The van der Waals surface area contributed by atoms with E-state index in [0.29, 0.717) is 0 Å². The van der Waals surface area contributed by atoms with Crippen molar-refractivity contribution < 1.29 is 0 Å². The van der Waals surface area contributed by atoms with Gasteiger partial charge in [-0.2, -0.15) is 0 Å². The zero-order chi connectivity index (χ0) is 13.0. The molecule has 3 heteroatoms. The van der Waals surface area contributed by atoms with Crippen molar-refractivity contribution in [1.29, 1.82) is 0 Å². The Kier molecular flexibility index (Phi) is 4.45. The second-order valence-corrected chi connectivity index (χ2v) is 5.71. The third-order valence-corrected chi connectivity index (χ3v) is 4.12. The first-order valence-electron chi connectivity index (χ1n) is 7.12. The Morgan fingerprint density at radius 2 is 2.00 bits per heavy atom. The lowest BCUT2D eigenvalue weighted by Gasteiger charge is -2.26. The number of nitrogen functional groups attached to an aromatic ring is 1. The summed E-state index contributed by atoms with van der Waals surface area (Å²) in [5, 5.41) is 3.40. The minimum Gasteiger partial charge on any atom is -0.397 e. The average molecular weight is 247 g/mol. The zero-order valence-corrected chi connectivity index (χ0v) is 11.6. The molecule has 1 fully saturated rings. The van der Waals surface area contributed by atoms with Crippen molar-refractivity contribution in [2.24, 2.45) is 11.8 Å². The van der Waals surface area contributed by atoms with Gasteiger partial charge in [0, 0.05) is 6.54 Å². The van der Waals surface area contributed by atoms with Crippen LogP contribution in [0.15, 0.2) is 12.1 Å². The summed E-state index contributed by atoms with van der Waals surface area (Å²) in [6.07, 6.45) is 6.87. The lowest BCUT2D eigenvalue weighted by molar-refractivity contribution is 0.282. The molecule has 0 atom stereocenters. The van der Waals surface area contributed by atoms with Crippen molar-refractivity contribution in [2.45, 2.75) is 46.0 Å². The molecule has 1 aliphatic carbocycles. The van der Waals surface area contributed by atoms with E-state index in [2.05, 4.69) is 17.2 Å². The van der Waals surface area contributed by atoms with Crippen molar-refractivity contribution in [1.82, 2.24) is 4.98 Å². The summed E-state index contributed by atoms with van der Waals surface area (Å²) in [6.45, 7) is 5.34. The Morgan fingerprint density at radius 1 is 1.28 bits per heavy atom. The Balaban J connectivity index is 1.73. The minimum atomic E-state index is 0.766. The van der Waals surface area contributed by atoms with E-state index in [4.69, 9.17) is 5.73 Å². The zero-order valence-electron chi connectivity index (χ0n) is 11.6.